The maximum Gasteiger partial charge on any atom is 0.240 e. The molecular weight excluding hydrogens is 456 g/mol. The summed E-state index contributed by atoms with van der Waals surface area (Å²) in [6, 6.07) is 8.29. The predicted octanol–water partition coefficient (Wildman–Crippen LogP) is 4.09. The van der Waals surface area contributed by atoms with Crippen LogP contribution in [0.4, 0.5) is 23.1 Å². The van der Waals surface area contributed by atoms with E-state index in [2.05, 4.69) is 16.0 Å². The highest BCUT2D eigenvalue weighted by molar-refractivity contribution is 7.94. The van der Waals surface area contributed by atoms with E-state index in [0.29, 0.717) is 18.5 Å². The van der Waals surface area contributed by atoms with E-state index in [9.17, 15) is 8.42 Å². The zero-order chi connectivity index (χ0) is 23.2. The fourth-order valence-corrected chi connectivity index (χ4v) is 6.49. The first kappa shape index (κ1) is 22.4. The van der Waals surface area contributed by atoms with Crippen LogP contribution in [0.3, 0.4) is 0 Å². The maximum atomic E-state index is 13.1. The van der Waals surface area contributed by atoms with Crippen molar-refractivity contribution in [3.63, 3.8) is 0 Å². The normalized spacial score (nSPS) is 17.4. The predicted molar refractivity (Wildman–Crippen MR) is 136 cm³/mol. The minimum Gasteiger partial charge on any atom is -0.351 e. The van der Waals surface area contributed by atoms with Gasteiger partial charge in [0, 0.05) is 18.3 Å². The Balaban J connectivity index is 1.46. The van der Waals surface area contributed by atoms with E-state index >= 15 is 0 Å². The summed E-state index contributed by atoms with van der Waals surface area (Å²) in [4.78, 5) is 10.4. The van der Waals surface area contributed by atoms with E-state index in [0.717, 1.165) is 65.3 Å². The Morgan fingerprint density at radius 3 is 2.70 bits per heavy atom. The topological polar surface area (TPSA) is 99.2 Å². The van der Waals surface area contributed by atoms with Gasteiger partial charge in [0.15, 0.2) is 0 Å². The number of anilines is 4. The van der Waals surface area contributed by atoms with Gasteiger partial charge in [-0.1, -0.05) is 6.07 Å². The SMILES string of the molecule is CC(C)(C)S(=O)(=O)N1CCc2ccc(Nc3nc(NC4CCNCC4)nc4sccc34)cc21. The summed E-state index contributed by atoms with van der Waals surface area (Å²) in [5.74, 6) is 1.35. The first-order valence-corrected chi connectivity index (χ1v) is 13.7. The number of hydrogen-bond acceptors (Lipinski definition) is 8. The Morgan fingerprint density at radius 2 is 1.94 bits per heavy atom. The molecular formula is C23H30N6O2S2. The van der Waals surface area contributed by atoms with Crippen LogP contribution in [0.15, 0.2) is 29.6 Å². The van der Waals surface area contributed by atoms with Gasteiger partial charge in [-0.2, -0.15) is 4.98 Å². The minimum absolute atomic E-state index is 0.354. The smallest absolute Gasteiger partial charge is 0.240 e. The molecule has 0 radical (unpaired) electrons. The molecule has 2 aliphatic rings. The van der Waals surface area contributed by atoms with Gasteiger partial charge >= 0.3 is 0 Å². The number of nitrogens with one attached hydrogen (secondary N) is 3. The van der Waals surface area contributed by atoms with Gasteiger partial charge in [0.1, 0.15) is 10.6 Å². The van der Waals surface area contributed by atoms with Gasteiger partial charge in [-0.3, -0.25) is 4.31 Å². The lowest BCUT2D eigenvalue weighted by molar-refractivity contribution is 0.477. The Labute approximate surface area is 198 Å². The molecule has 0 atom stereocenters. The molecule has 2 aliphatic heterocycles. The van der Waals surface area contributed by atoms with E-state index in [4.69, 9.17) is 9.97 Å². The summed E-state index contributed by atoms with van der Waals surface area (Å²) in [6.45, 7) is 7.69. The monoisotopic (exact) mass is 486 g/mol. The summed E-state index contributed by atoms with van der Waals surface area (Å²) in [6.07, 6.45) is 2.80. The molecule has 1 fully saturated rings. The molecule has 0 bridgehead atoms. The first-order valence-electron chi connectivity index (χ1n) is 11.4. The summed E-state index contributed by atoms with van der Waals surface area (Å²) in [5.41, 5.74) is 2.60. The molecule has 3 aromatic rings. The zero-order valence-corrected chi connectivity index (χ0v) is 20.8. The quantitative estimate of drug-likeness (QED) is 0.499. The number of benzene rings is 1. The zero-order valence-electron chi connectivity index (χ0n) is 19.2. The minimum atomic E-state index is -3.46. The molecule has 10 heteroatoms. The van der Waals surface area contributed by atoms with E-state index in [-0.39, 0.29) is 0 Å². The molecule has 2 aromatic heterocycles. The van der Waals surface area contributed by atoms with E-state index in [1.165, 1.54) is 0 Å². The van der Waals surface area contributed by atoms with E-state index < -0.39 is 14.8 Å². The van der Waals surface area contributed by atoms with Gasteiger partial charge in [-0.15, -0.1) is 11.3 Å². The van der Waals surface area contributed by atoms with Crippen LogP contribution in [0.2, 0.25) is 0 Å². The van der Waals surface area contributed by atoms with Crippen molar-refractivity contribution in [3.05, 3.63) is 35.2 Å². The average molecular weight is 487 g/mol. The van der Waals surface area contributed by atoms with Gasteiger partial charge in [0.25, 0.3) is 0 Å². The third kappa shape index (κ3) is 4.27. The molecule has 8 nitrogen and oxygen atoms in total. The highest BCUT2D eigenvalue weighted by Gasteiger charge is 2.38. The Bertz CT molecular complexity index is 1280. The molecule has 0 spiro atoms. The molecule has 1 aromatic carbocycles. The second kappa shape index (κ2) is 8.41. The third-order valence-electron chi connectivity index (χ3n) is 6.26. The van der Waals surface area contributed by atoms with E-state index in [1.54, 1.807) is 36.4 Å². The number of aromatic nitrogens is 2. The van der Waals surface area contributed by atoms with Crippen LogP contribution < -0.4 is 20.3 Å². The molecule has 5 rings (SSSR count). The summed E-state index contributed by atoms with van der Waals surface area (Å²) < 4.78 is 27.0. The fraction of sp³-hybridized carbons (Fsp3) is 0.478. The van der Waals surface area contributed by atoms with Crippen molar-refractivity contribution >= 4 is 54.7 Å². The third-order valence-corrected chi connectivity index (χ3v) is 9.58. The number of nitrogens with zero attached hydrogens (tertiary/aromatic N) is 3. The summed E-state index contributed by atoms with van der Waals surface area (Å²) in [5, 5.41) is 13.3. The van der Waals surface area contributed by atoms with Gasteiger partial charge in [0.05, 0.1) is 15.8 Å². The number of rotatable bonds is 5. The Hall–Kier alpha value is -2.43. The number of fused-ring (bicyclic) bond motifs is 2. The largest absolute Gasteiger partial charge is 0.351 e. The lowest BCUT2D eigenvalue weighted by atomic mass is 10.1. The van der Waals surface area contributed by atoms with Crippen LogP contribution >= 0.6 is 11.3 Å². The first-order chi connectivity index (χ1) is 15.7. The van der Waals surface area contributed by atoms with Crippen molar-refractivity contribution in [3.8, 4) is 0 Å². The van der Waals surface area contributed by atoms with Crippen molar-refractivity contribution in [2.75, 3.05) is 34.6 Å². The highest BCUT2D eigenvalue weighted by atomic mass is 32.2. The number of piperidine rings is 1. The lowest BCUT2D eigenvalue weighted by Crippen LogP contribution is -2.42. The molecule has 4 heterocycles. The molecule has 3 N–H and O–H groups in total. The Kier molecular flexibility index (Phi) is 5.70. The van der Waals surface area contributed by atoms with Gasteiger partial charge in [-0.25, -0.2) is 13.4 Å². The van der Waals surface area contributed by atoms with Crippen LogP contribution in [0.5, 0.6) is 0 Å². The molecule has 0 saturated carbocycles. The van der Waals surface area contributed by atoms with Crippen molar-refractivity contribution < 1.29 is 8.42 Å². The average Bonchev–Trinajstić information content (AvgIpc) is 3.40. The van der Waals surface area contributed by atoms with Crippen molar-refractivity contribution in [1.82, 2.24) is 15.3 Å². The standard InChI is InChI=1S/C23H30N6O2S2/c1-23(2,3)33(30,31)29-12-8-15-4-5-17(14-19(15)29)25-20-18-9-13-32-21(18)28-22(27-20)26-16-6-10-24-11-7-16/h4-5,9,13-14,16,24H,6-8,10-12H2,1-3H3,(H2,25,26,27,28). The van der Waals surface area contributed by atoms with Crippen LogP contribution in [-0.4, -0.2) is 48.8 Å². The van der Waals surface area contributed by atoms with Crippen LogP contribution in [0.25, 0.3) is 10.2 Å². The van der Waals surface area contributed by atoms with Crippen LogP contribution in [0.1, 0.15) is 39.2 Å². The van der Waals surface area contributed by atoms with Crippen LogP contribution in [0, 0.1) is 0 Å². The van der Waals surface area contributed by atoms with Crippen LogP contribution in [-0.2, 0) is 16.4 Å². The number of thiophene rings is 1. The second-order valence-electron chi connectivity index (χ2n) is 9.61. The molecule has 176 valence electrons. The molecule has 1 saturated heterocycles. The lowest BCUT2D eigenvalue weighted by Gasteiger charge is -2.28. The van der Waals surface area contributed by atoms with Gasteiger partial charge < -0.3 is 16.0 Å². The van der Waals surface area contributed by atoms with Crippen molar-refractivity contribution in [2.24, 2.45) is 0 Å². The van der Waals surface area contributed by atoms with E-state index in [1.807, 2.05) is 29.6 Å². The highest BCUT2D eigenvalue weighted by Crippen LogP contribution is 2.37. The van der Waals surface area contributed by atoms with Crippen molar-refractivity contribution in [1.29, 1.82) is 0 Å². The molecule has 33 heavy (non-hydrogen) atoms. The fourth-order valence-electron chi connectivity index (χ4n) is 4.31. The number of sulfonamides is 1. The molecule has 0 aliphatic carbocycles. The van der Waals surface area contributed by atoms with Gasteiger partial charge in [-0.05, 0) is 82.3 Å². The summed E-state index contributed by atoms with van der Waals surface area (Å²) >= 11 is 1.58. The molecule has 0 amide bonds. The van der Waals surface area contributed by atoms with Gasteiger partial charge in [0.2, 0.25) is 16.0 Å². The number of hydrogen-bond donors (Lipinski definition) is 3. The second-order valence-corrected chi connectivity index (χ2v) is 13.1. The molecule has 0 unspecified atom stereocenters. The summed E-state index contributed by atoms with van der Waals surface area (Å²) in [7, 11) is -3.46. The maximum absolute atomic E-state index is 13.1. The Morgan fingerprint density at radius 1 is 1.15 bits per heavy atom. The van der Waals surface area contributed by atoms with Crippen molar-refractivity contribution in [2.45, 2.75) is 50.8 Å².